The van der Waals surface area contributed by atoms with Gasteiger partial charge in [0.05, 0.1) is 35.4 Å². The summed E-state index contributed by atoms with van der Waals surface area (Å²) in [6.45, 7) is 20.0. The van der Waals surface area contributed by atoms with E-state index in [-0.39, 0.29) is 0 Å². The molecule has 0 saturated carbocycles. The Morgan fingerprint density at radius 3 is 0.958 bits per heavy atom. The molecule has 0 aromatic heterocycles. The number of hydrogen-bond acceptors (Lipinski definition) is 4. The fourth-order valence-corrected chi connectivity index (χ4v) is 4.56. The lowest BCUT2D eigenvalue weighted by atomic mass is 9.90. The SMILES string of the molecule is CC(C)CC(COSSOCC(CC(C)C)CC(C)C)CC(C)C. The smallest absolute Gasteiger partial charge is 0.0925 e. The van der Waals surface area contributed by atoms with Crippen molar-refractivity contribution in [3.8, 4) is 0 Å². The zero-order valence-corrected chi connectivity index (χ0v) is 19.0. The first-order valence-electron chi connectivity index (χ1n) is 9.78. The molecule has 0 aliphatic rings. The van der Waals surface area contributed by atoms with Crippen LogP contribution in [-0.2, 0) is 8.37 Å². The standard InChI is InChI=1S/C20H42O2S2/c1-15(2)9-19(10-16(3)4)13-21-23-24-22-14-20(11-17(5)6)12-18(7)8/h15-20H,9-14H2,1-8H3. The molecule has 0 atom stereocenters. The second-order valence-corrected chi connectivity index (χ2v) is 10.5. The van der Waals surface area contributed by atoms with Gasteiger partial charge in [0.25, 0.3) is 0 Å². The van der Waals surface area contributed by atoms with Crippen LogP contribution in [0.4, 0.5) is 0 Å². The van der Waals surface area contributed by atoms with Gasteiger partial charge in [-0.05, 0) is 61.2 Å². The molecule has 2 nitrogen and oxygen atoms in total. The molecular formula is C20H42O2S2. The van der Waals surface area contributed by atoms with E-state index in [1.165, 1.54) is 47.8 Å². The highest BCUT2D eigenvalue weighted by molar-refractivity contribution is 8.73. The Hall–Kier alpha value is 0.620. The van der Waals surface area contributed by atoms with Crippen LogP contribution in [-0.4, -0.2) is 13.2 Å². The van der Waals surface area contributed by atoms with Crippen LogP contribution < -0.4 is 0 Å². The van der Waals surface area contributed by atoms with Gasteiger partial charge in [0.15, 0.2) is 0 Å². The fraction of sp³-hybridized carbons (Fsp3) is 1.00. The van der Waals surface area contributed by atoms with E-state index in [2.05, 4.69) is 55.4 Å². The van der Waals surface area contributed by atoms with E-state index >= 15 is 0 Å². The van der Waals surface area contributed by atoms with Gasteiger partial charge in [0.1, 0.15) is 0 Å². The predicted molar refractivity (Wildman–Crippen MR) is 112 cm³/mol. The summed E-state index contributed by atoms with van der Waals surface area (Å²) in [5, 5.41) is 0. The molecule has 0 aromatic rings. The summed E-state index contributed by atoms with van der Waals surface area (Å²) in [6.07, 6.45) is 4.98. The van der Waals surface area contributed by atoms with E-state index in [1.807, 2.05) is 0 Å². The first kappa shape index (κ1) is 24.6. The van der Waals surface area contributed by atoms with Crippen LogP contribution in [0.2, 0.25) is 0 Å². The Kier molecular flexibility index (Phi) is 15.1. The highest BCUT2D eigenvalue weighted by atomic mass is 33.1. The molecule has 0 N–H and O–H groups in total. The molecule has 0 rings (SSSR count). The minimum atomic E-state index is 0.660. The molecule has 0 bridgehead atoms. The summed E-state index contributed by atoms with van der Waals surface area (Å²) in [6, 6.07) is 0. The largest absolute Gasteiger partial charge is 0.303 e. The summed E-state index contributed by atoms with van der Waals surface area (Å²) in [7, 11) is 0. The van der Waals surface area contributed by atoms with Crippen molar-refractivity contribution >= 4 is 22.1 Å². The van der Waals surface area contributed by atoms with E-state index in [0.717, 1.165) is 36.9 Å². The zero-order chi connectivity index (χ0) is 18.5. The van der Waals surface area contributed by atoms with E-state index < -0.39 is 0 Å². The molecule has 24 heavy (non-hydrogen) atoms. The van der Waals surface area contributed by atoms with Gasteiger partial charge in [-0.1, -0.05) is 55.4 Å². The second kappa shape index (κ2) is 14.8. The molecule has 0 aromatic carbocycles. The molecule has 0 radical (unpaired) electrons. The minimum absolute atomic E-state index is 0.660. The van der Waals surface area contributed by atoms with Crippen molar-refractivity contribution in [1.82, 2.24) is 0 Å². The average molecular weight is 379 g/mol. The Morgan fingerprint density at radius 2 is 0.750 bits per heavy atom. The molecule has 0 unspecified atom stereocenters. The van der Waals surface area contributed by atoms with E-state index in [4.69, 9.17) is 8.37 Å². The minimum Gasteiger partial charge on any atom is -0.303 e. The van der Waals surface area contributed by atoms with Crippen molar-refractivity contribution in [2.75, 3.05) is 13.2 Å². The Balaban J connectivity index is 3.91. The van der Waals surface area contributed by atoms with Gasteiger partial charge in [0.2, 0.25) is 0 Å². The molecule has 0 heterocycles. The van der Waals surface area contributed by atoms with Crippen LogP contribution in [0.1, 0.15) is 81.1 Å². The molecule has 0 spiro atoms. The van der Waals surface area contributed by atoms with E-state index in [9.17, 15) is 0 Å². The third-order valence-corrected chi connectivity index (χ3v) is 5.21. The van der Waals surface area contributed by atoms with Crippen LogP contribution in [0.5, 0.6) is 0 Å². The van der Waals surface area contributed by atoms with E-state index in [1.54, 1.807) is 0 Å². The monoisotopic (exact) mass is 378 g/mol. The third kappa shape index (κ3) is 16.1. The first-order valence-corrected chi connectivity index (χ1v) is 11.8. The van der Waals surface area contributed by atoms with Gasteiger partial charge >= 0.3 is 0 Å². The quantitative estimate of drug-likeness (QED) is 0.165. The van der Waals surface area contributed by atoms with Gasteiger partial charge in [0, 0.05) is 0 Å². The Morgan fingerprint density at radius 1 is 0.500 bits per heavy atom. The highest BCUT2D eigenvalue weighted by Gasteiger charge is 2.15. The molecule has 4 heteroatoms. The van der Waals surface area contributed by atoms with Gasteiger partial charge in [-0.2, -0.15) is 0 Å². The number of rotatable bonds is 15. The maximum absolute atomic E-state index is 5.80. The summed E-state index contributed by atoms with van der Waals surface area (Å²) in [4.78, 5) is 0. The van der Waals surface area contributed by atoms with Gasteiger partial charge in [-0.3, -0.25) is 0 Å². The molecule has 146 valence electrons. The third-order valence-electron chi connectivity index (χ3n) is 3.95. The van der Waals surface area contributed by atoms with Crippen LogP contribution >= 0.6 is 22.1 Å². The Labute approximate surface area is 160 Å². The van der Waals surface area contributed by atoms with Gasteiger partial charge < -0.3 is 8.37 Å². The molecular weight excluding hydrogens is 336 g/mol. The van der Waals surface area contributed by atoms with Crippen molar-refractivity contribution in [3.63, 3.8) is 0 Å². The normalized spacial score (nSPS) is 12.8. The highest BCUT2D eigenvalue weighted by Crippen LogP contribution is 2.30. The molecule has 0 amide bonds. The molecule has 0 aliphatic carbocycles. The summed E-state index contributed by atoms with van der Waals surface area (Å²) < 4.78 is 11.6. The van der Waals surface area contributed by atoms with Crippen LogP contribution in [0, 0.1) is 35.5 Å². The summed E-state index contributed by atoms with van der Waals surface area (Å²) in [5.41, 5.74) is 0. The summed E-state index contributed by atoms with van der Waals surface area (Å²) in [5.74, 6) is 4.26. The van der Waals surface area contributed by atoms with Crippen molar-refractivity contribution in [3.05, 3.63) is 0 Å². The molecule has 0 fully saturated rings. The molecule has 0 saturated heterocycles. The van der Waals surface area contributed by atoms with Crippen molar-refractivity contribution in [2.45, 2.75) is 81.1 Å². The first-order chi connectivity index (χ1) is 11.2. The maximum atomic E-state index is 5.80. The van der Waals surface area contributed by atoms with Crippen molar-refractivity contribution < 1.29 is 8.37 Å². The lowest BCUT2D eigenvalue weighted by molar-refractivity contribution is 0.224. The predicted octanol–water partition coefficient (Wildman–Crippen LogP) is 7.65. The fourth-order valence-electron chi connectivity index (χ4n) is 3.42. The molecule has 0 aliphatic heterocycles. The van der Waals surface area contributed by atoms with Crippen molar-refractivity contribution in [1.29, 1.82) is 0 Å². The van der Waals surface area contributed by atoms with Gasteiger partial charge in [-0.25, -0.2) is 0 Å². The van der Waals surface area contributed by atoms with Crippen LogP contribution in [0.15, 0.2) is 0 Å². The zero-order valence-electron chi connectivity index (χ0n) is 17.3. The van der Waals surface area contributed by atoms with Gasteiger partial charge in [-0.15, -0.1) is 0 Å². The Bertz CT molecular complexity index is 233. The topological polar surface area (TPSA) is 18.5 Å². The summed E-state index contributed by atoms with van der Waals surface area (Å²) >= 11 is 2.82. The van der Waals surface area contributed by atoms with E-state index in [0.29, 0.717) is 11.8 Å². The van der Waals surface area contributed by atoms with Crippen LogP contribution in [0.3, 0.4) is 0 Å². The number of hydrogen-bond donors (Lipinski definition) is 0. The average Bonchev–Trinajstić information content (AvgIpc) is 2.39. The maximum Gasteiger partial charge on any atom is 0.0925 e. The van der Waals surface area contributed by atoms with Crippen LogP contribution in [0.25, 0.3) is 0 Å². The lowest BCUT2D eigenvalue weighted by Gasteiger charge is -2.21. The second-order valence-electron chi connectivity index (χ2n) is 8.96. The van der Waals surface area contributed by atoms with Crippen molar-refractivity contribution in [2.24, 2.45) is 35.5 Å². The lowest BCUT2D eigenvalue weighted by Crippen LogP contribution is -2.13.